The predicted octanol–water partition coefficient (Wildman–Crippen LogP) is 2.53. The Balaban J connectivity index is 2.10. The molecule has 0 radical (unpaired) electrons. The van der Waals surface area contributed by atoms with Crippen LogP contribution in [0.25, 0.3) is 6.08 Å². The first-order chi connectivity index (χ1) is 9.92. The second-order valence-corrected chi connectivity index (χ2v) is 5.52. The molecule has 0 saturated carbocycles. The Kier molecular flexibility index (Phi) is 5.09. The smallest absolute Gasteiger partial charge is 0.328 e. The maximum Gasteiger partial charge on any atom is 0.328 e. The number of halogens is 1. The molecule has 1 aliphatic heterocycles. The molecule has 1 aliphatic rings. The summed E-state index contributed by atoms with van der Waals surface area (Å²) in [6, 6.07) is 4.63. The van der Waals surface area contributed by atoms with Crippen LogP contribution in [0.15, 0.2) is 24.3 Å². The molecule has 5 heteroatoms. The van der Waals surface area contributed by atoms with Gasteiger partial charge in [-0.15, -0.1) is 0 Å². The van der Waals surface area contributed by atoms with Crippen molar-refractivity contribution in [1.29, 1.82) is 0 Å². The molecule has 0 aliphatic carbocycles. The van der Waals surface area contributed by atoms with Gasteiger partial charge < -0.3 is 9.84 Å². The lowest BCUT2D eigenvalue weighted by Gasteiger charge is -2.35. The summed E-state index contributed by atoms with van der Waals surface area (Å²) in [5.41, 5.74) is 1.39. The highest BCUT2D eigenvalue weighted by atomic mass is 19.1. The Hall–Kier alpha value is -1.72. The van der Waals surface area contributed by atoms with Crippen LogP contribution in [0.5, 0.6) is 0 Å². The van der Waals surface area contributed by atoms with Gasteiger partial charge in [-0.05, 0) is 43.2 Å². The minimum absolute atomic E-state index is 0.161. The van der Waals surface area contributed by atoms with Crippen molar-refractivity contribution in [2.45, 2.75) is 32.6 Å². The van der Waals surface area contributed by atoms with Crippen LogP contribution >= 0.6 is 0 Å². The first-order valence-corrected chi connectivity index (χ1v) is 7.00. The Morgan fingerprint density at radius 3 is 2.67 bits per heavy atom. The normalized spacial score (nSPS) is 23.6. The maximum absolute atomic E-state index is 13.6. The number of morpholine rings is 1. The van der Waals surface area contributed by atoms with Crippen LogP contribution in [0, 0.1) is 5.82 Å². The number of carboxylic acid groups (broad SMARTS) is 1. The van der Waals surface area contributed by atoms with E-state index in [-0.39, 0.29) is 18.0 Å². The molecule has 0 aromatic heterocycles. The van der Waals surface area contributed by atoms with E-state index < -0.39 is 5.97 Å². The minimum atomic E-state index is -1.04. The van der Waals surface area contributed by atoms with Crippen LogP contribution in [-0.4, -0.2) is 41.3 Å². The number of hydrogen-bond acceptors (Lipinski definition) is 3. The van der Waals surface area contributed by atoms with Gasteiger partial charge >= 0.3 is 5.97 Å². The predicted molar refractivity (Wildman–Crippen MR) is 78.4 cm³/mol. The number of ether oxygens (including phenoxy) is 1. The van der Waals surface area contributed by atoms with Crippen LogP contribution in [0.2, 0.25) is 0 Å². The Morgan fingerprint density at radius 1 is 1.38 bits per heavy atom. The van der Waals surface area contributed by atoms with E-state index in [1.54, 1.807) is 0 Å². The average molecular weight is 293 g/mol. The van der Waals surface area contributed by atoms with Gasteiger partial charge in [0.25, 0.3) is 0 Å². The zero-order chi connectivity index (χ0) is 15.4. The monoisotopic (exact) mass is 293 g/mol. The number of rotatable bonds is 4. The number of aliphatic carboxylic acids is 1. The molecule has 0 bridgehead atoms. The Labute approximate surface area is 123 Å². The van der Waals surface area contributed by atoms with E-state index in [1.165, 1.54) is 18.2 Å². The Morgan fingerprint density at radius 2 is 2.05 bits per heavy atom. The van der Waals surface area contributed by atoms with Crippen molar-refractivity contribution in [3.8, 4) is 0 Å². The fraction of sp³-hybridized carbons (Fsp3) is 0.438. The van der Waals surface area contributed by atoms with E-state index in [0.29, 0.717) is 12.1 Å². The molecule has 114 valence electrons. The number of carboxylic acids is 1. The molecule has 1 aromatic rings. The molecule has 2 atom stereocenters. The second-order valence-electron chi connectivity index (χ2n) is 5.52. The first-order valence-electron chi connectivity index (χ1n) is 7.00. The Bertz CT molecular complexity index is 534. The van der Waals surface area contributed by atoms with Crippen molar-refractivity contribution in [2.24, 2.45) is 0 Å². The van der Waals surface area contributed by atoms with Gasteiger partial charge in [0, 0.05) is 25.7 Å². The van der Waals surface area contributed by atoms with E-state index in [2.05, 4.69) is 4.90 Å². The van der Waals surface area contributed by atoms with Gasteiger partial charge in [-0.3, -0.25) is 4.90 Å². The van der Waals surface area contributed by atoms with Crippen molar-refractivity contribution < 1.29 is 19.0 Å². The molecule has 0 unspecified atom stereocenters. The number of nitrogens with zero attached hydrogens (tertiary/aromatic N) is 1. The minimum Gasteiger partial charge on any atom is -0.478 e. The van der Waals surface area contributed by atoms with E-state index in [4.69, 9.17) is 9.84 Å². The fourth-order valence-corrected chi connectivity index (χ4v) is 2.70. The molecule has 1 fully saturated rings. The quantitative estimate of drug-likeness (QED) is 0.867. The molecule has 0 spiro atoms. The highest BCUT2D eigenvalue weighted by Crippen LogP contribution is 2.17. The average Bonchev–Trinajstić information content (AvgIpc) is 2.34. The molecule has 1 heterocycles. The van der Waals surface area contributed by atoms with Crippen molar-refractivity contribution in [2.75, 3.05) is 13.1 Å². The van der Waals surface area contributed by atoms with Crippen molar-refractivity contribution >= 4 is 12.0 Å². The van der Waals surface area contributed by atoms with Gasteiger partial charge in [-0.25, -0.2) is 9.18 Å². The van der Waals surface area contributed by atoms with Crippen LogP contribution in [-0.2, 0) is 16.1 Å². The molecular formula is C16H20FNO3. The van der Waals surface area contributed by atoms with E-state index in [0.717, 1.165) is 24.7 Å². The third kappa shape index (κ3) is 4.95. The van der Waals surface area contributed by atoms with Gasteiger partial charge in [0.1, 0.15) is 5.82 Å². The maximum atomic E-state index is 13.6. The number of hydrogen-bond donors (Lipinski definition) is 1. The lowest BCUT2D eigenvalue weighted by Crippen LogP contribution is -2.44. The van der Waals surface area contributed by atoms with Crippen LogP contribution in [0.3, 0.4) is 0 Å². The summed E-state index contributed by atoms with van der Waals surface area (Å²) in [6.07, 6.45) is 2.74. The summed E-state index contributed by atoms with van der Waals surface area (Å²) in [7, 11) is 0. The fourth-order valence-electron chi connectivity index (χ4n) is 2.70. The van der Waals surface area contributed by atoms with Gasteiger partial charge in [-0.1, -0.05) is 6.07 Å². The standard InChI is InChI=1S/C16H20FNO3/c1-11-8-18(9-12(2)21-11)10-14-5-13(3-4-16(19)20)6-15(17)7-14/h3-7,11-12H,8-10H2,1-2H3,(H,19,20)/b4-3+/t11-,12+. The van der Waals surface area contributed by atoms with Gasteiger partial charge in [-0.2, -0.15) is 0 Å². The second kappa shape index (κ2) is 6.83. The summed E-state index contributed by atoms with van der Waals surface area (Å²) in [5.74, 6) is -1.40. The first kappa shape index (κ1) is 15.7. The summed E-state index contributed by atoms with van der Waals surface area (Å²) < 4.78 is 19.3. The zero-order valence-electron chi connectivity index (χ0n) is 12.3. The molecule has 0 amide bonds. The van der Waals surface area contributed by atoms with Crippen molar-refractivity contribution in [3.63, 3.8) is 0 Å². The highest BCUT2D eigenvalue weighted by molar-refractivity contribution is 5.85. The van der Waals surface area contributed by atoms with Crippen LogP contribution in [0.4, 0.5) is 4.39 Å². The zero-order valence-corrected chi connectivity index (χ0v) is 12.3. The van der Waals surface area contributed by atoms with Crippen LogP contribution < -0.4 is 0 Å². The van der Waals surface area contributed by atoms with E-state index in [1.807, 2.05) is 19.9 Å². The largest absolute Gasteiger partial charge is 0.478 e. The molecule has 1 aromatic carbocycles. The van der Waals surface area contributed by atoms with Gasteiger partial charge in [0.15, 0.2) is 0 Å². The SMILES string of the molecule is C[C@@H]1CN(Cc2cc(F)cc(/C=C/C(=O)O)c2)C[C@H](C)O1. The van der Waals surface area contributed by atoms with Gasteiger partial charge in [0.2, 0.25) is 0 Å². The highest BCUT2D eigenvalue weighted by Gasteiger charge is 2.22. The summed E-state index contributed by atoms with van der Waals surface area (Å²) in [4.78, 5) is 12.7. The van der Waals surface area contributed by atoms with E-state index in [9.17, 15) is 9.18 Å². The summed E-state index contributed by atoms with van der Waals surface area (Å²) >= 11 is 0. The topological polar surface area (TPSA) is 49.8 Å². The number of benzene rings is 1. The lowest BCUT2D eigenvalue weighted by molar-refractivity contribution is -0.131. The third-order valence-corrected chi connectivity index (χ3v) is 3.30. The summed E-state index contributed by atoms with van der Waals surface area (Å²) in [6.45, 7) is 6.29. The molecule has 1 saturated heterocycles. The summed E-state index contributed by atoms with van der Waals surface area (Å²) in [5, 5.41) is 8.63. The van der Waals surface area contributed by atoms with Crippen LogP contribution in [0.1, 0.15) is 25.0 Å². The molecule has 21 heavy (non-hydrogen) atoms. The van der Waals surface area contributed by atoms with E-state index >= 15 is 0 Å². The molecule has 4 nitrogen and oxygen atoms in total. The number of carbonyl (C=O) groups is 1. The van der Waals surface area contributed by atoms with Crippen molar-refractivity contribution in [1.82, 2.24) is 4.90 Å². The molecule has 2 rings (SSSR count). The van der Waals surface area contributed by atoms with Gasteiger partial charge in [0.05, 0.1) is 12.2 Å². The lowest BCUT2D eigenvalue weighted by atomic mass is 10.1. The third-order valence-electron chi connectivity index (χ3n) is 3.30. The van der Waals surface area contributed by atoms with Crippen molar-refractivity contribution in [3.05, 3.63) is 41.2 Å². The molecular weight excluding hydrogens is 273 g/mol. The molecule has 1 N–H and O–H groups in total.